The highest BCUT2D eigenvalue weighted by molar-refractivity contribution is 7.09. The Balaban J connectivity index is 2.18. The molecule has 1 N–H and O–H groups in total. The summed E-state index contributed by atoms with van der Waals surface area (Å²) in [6.07, 6.45) is 1.27. The van der Waals surface area contributed by atoms with E-state index in [1.165, 1.54) is 11.3 Å². The predicted octanol–water partition coefficient (Wildman–Crippen LogP) is 2.98. The topological polar surface area (TPSA) is 33.1 Å². The predicted molar refractivity (Wildman–Crippen MR) is 61.9 cm³/mol. The second kappa shape index (κ2) is 4.55. The molecule has 15 heavy (non-hydrogen) atoms. The van der Waals surface area contributed by atoms with Gasteiger partial charge in [-0.3, -0.25) is 4.98 Å². The molecular weight excluding hydrogens is 206 g/mol. The summed E-state index contributed by atoms with van der Waals surface area (Å²) in [5.41, 5.74) is 2.90. The highest BCUT2D eigenvalue weighted by Gasteiger charge is 2.18. The van der Waals surface area contributed by atoms with Crippen LogP contribution in [0.15, 0.2) is 42.0 Å². The molecule has 2 atom stereocenters. The van der Waals surface area contributed by atoms with Crippen molar-refractivity contribution in [1.82, 2.24) is 4.98 Å². The van der Waals surface area contributed by atoms with Crippen LogP contribution in [0.25, 0.3) is 0 Å². The van der Waals surface area contributed by atoms with E-state index in [2.05, 4.69) is 4.98 Å². The second-order valence-electron chi connectivity index (χ2n) is 3.55. The third-order valence-electron chi connectivity index (χ3n) is 2.54. The van der Waals surface area contributed by atoms with Crippen LogP contribution in [0, 0.1) is 0 Å². The van der Waals surface area contributed by atoms with E-state index in [0.717, 1.165) is 10.4 Å². The number of aliphatic hydroxyl groups is 1. The van der Waals surface area contributed by atoms with Crippen molar-refractivity contribution in [3.63, 3.8) is 0 Å². The maximum atomic E-state index is 10.1. The minimum absolute atomic E-state index is 0.103. The number of hydrogen-bond donors (Lipinski definition) is 1. The van der Waals surface area contributed by atoms with E-state index < -0.39 is 6.10 Å². The molecule has 0 saturated carbocycles. The van der Waals surface area contributed by atoms with E-state index >= 15 is 0 Å². The molecule has 0 aliphatic heterocycles. The van der Waals surface area contributed by atoms with Crippen LogP contribution in [-0.4, -0.2) is 10.1 Å². The summed E-state index contributed by atoms with van der Waals surface area (Å²) in [5.74, 6) is 0.103. The Hall–Kier alpha value is -1.19. The molecule has 2 unspecified atom stereocenters. The van der Waals surface area contributed by atoms with Gasteiger partial charge in [0.25, 0.3) is 0 Å². The first kappa shape index (κ1) is 10.3. The molecule has 0 spiro atoms. The van der Waals surface area contributed by atoms with Gasteiger partial charge in [0, 0.05) is 12.1 Å². The van der Waals surface area contributed by atoms with Crippen molar-refractivity contribution in [2.75, 3.05) is 0 Å². The molecule has 0 amide bonds. The van der Waals surface area contributed by atoms with Gasteiger partial charge in [-0.1, -0.05) is 37.3 Å². The van der Waals surface area contributed by atoms with Gasteiger partial charge in [-0.05, 0) is 5.56 Å². The highest BCUT2D eigenvalue weighted by Crippen LogP contribution is 2.31. The van der Waals surface area contributed by atoms with E-state index in [4.69, 9.17) is 0 Å². The second-order valence-corrected chi connectivity index (χ2v) is 4.47. The number of rotatable bonds is 3. The smallest absolute Gasteiger partial charge is 0.0963 e. The molecule has 1 heterocycles. The number of hydrogen-bond acceptors (Lipinski definition) is 3. The molecule has 0 aliphatic carbocycles. The van der Waals surface area contributed by atoms with Gasteiger partial charge in [-0.25, -0.2) is 0 Å². The normalized spacial score (nSPS) is 14.8. The fourth-order valence-corrected chi connectivity index (χ4v) is 2.27. The van der Waals surface area contributed by atoms with Crippen LogP contribution in [0.4, 0.5) is 0 Å². The third-order valence-corrected chi connectivity index (χ3v) is 3.39. The summed E-state index contributed by atoms with van der Waals surface area (Å²) in [7, 11) is 0. The first-order valence-electron chi connectivity index (χ1n) is 4.90. The molecule has 2 rings (SSSR count). The van der Waals surface area contributed by atoms with Crippen molar-refractivity contribution in [2.24, 2.45) is 0 Å². The third kappa shape index (κ3) is 2.25. The lowest BCUT2D eigenvalue weighted by molar-refractivity contribution is 0.155. The van der Waals surface area contributed by atoms with E-state index in [1.807, 2.05) is 37.3 Å². The maximum absolute atomic E-state index is 10.1. The maximum Gasteiger partial charge on any atom is 0.0963 e. The van der Waals surface area contributed by atoms with Gasteiger partial charge in [-0.15, -0.1) is 11.3 Å². The SMILES string of the molecule is CC(c1ccccc1)C(O)c1cncs1. The van der Waals surface area contributed by atoms with Crippen LogP contribution in [-0.2, 0) is 0 Å². The molecule has 2 nitrogen and oxygen atoms in total. The van der Waals surface area contributed by atoms with E-state index in [1.54, 1.807) is 11.7 Å². The average Bonchev–Trinajstić information content (AvgIpc) is 2.82. The summed E-state index contributed by atoms with van der Waals surface area (Å²) in [4.78, 5) is 4.90. The highest BCUT2D eigenvalue weighted by atomic mass is 32.1. The van der Waals surface area contributed by atoms with Gasteiger partial charge in [0.2, 0.25) is 0 Å². The van der Waals surface area contributed by atoms with Crippen LogP contribution in [0.1, 0.15) is 29.4 Å². The number of aromatic nitrogens is 1. The average molecular weight is 219 g/mol. The Kier molecular flexibility index (Phi) is 3.14. The molecule has 78 valence electrons. The lowest BCUT2D eigenvalue weighted by atomic mass is 9.95. The monoisotopic (exact) mass is 219 g/mol. The van der Waals surface area contributed by atoms with E-state index in [0.29, 0.717) is 0 Å². The molecule has 3 heteroatoms. The largest absolute Gasteiger partial charge is 0.387 e. The fourth-order valence-electron chi connectivity index (χ4n) is 1.56. The molecule has 0 aliphatic rings. The fraction of sp³-hybridized carbons (Fsp3) is 0.250. The molecule has 2 aromatic rings. The van der Waals surface area contributed by atoms with Gasteiger partial charge >= 0.3 is 0 Å². The van der Waals surface area contributed by atoms with Crippen molar-refractivity contribution in [3.8, 4) is 0 Å². The van der Waals surface area contributed by atoms with Gasteiger partial charge < -0.3 is 5.11 Å². The van der Waals surface area contributed by atoms with Crippen molar-refractivity contribution in [1.29, 1.82) is 0 Å². The Bertz CT molecular complexity index is 399. The van der Waals surface area contributed by atoms with Crippen LogP contribution in [0.2, 0.25) is 0 Å². The number of aliphatic hydroxyl groups excluding tert-OH is 1. The van der Waals surface area contributed by atoms with Gasteiger partial charge in [0.15, 0.2) is 0 Å². The summed E-state index contributed by atoms with van der Waals surface area (Å²) in [5, 5.41) is 10.1. The summed E-state index contributed by atoms with van der Waals surface area (Å²) in [6.45, 7) is 2.03. The Labute approximate surface area is 93.2 Å². The van der Waals surface area contributed by atoms with Gasteiger partial charge in [-0.2, -0.15) is 0 Å². The zero-order valence-corrected chi connectivity index (χ0v) is 9.32. The van der Waals surface area contributed by atoms with E-state index in [-0.39, 0.29) is 5.92 Å². The number of thiazole rings is 1. The quantitative estimate of drug-likeness (QED) is 0.861. The van der Waals surface area contributed by atoms with E-state index in [9.17, 15) is 5.11 Å². The molecule has 0 saturated heterocycles. The summed E-state index contributed by atoms with van der Waals surface area (Å²) < 4.78 is 0. The minimum Gasteiger partial charge on any atom is -0.387 e. The Morgan fingerprint density at radius 1 is 1.27 bits per heavy atom. The molecule has 0 bridgehead atoms. The van der Waals surface area contributed by atoms with Crippen molar-refractivity contribution >= 4 is 11.3 Å². The Morgan fingerprint density at radius 2 is 2.00 bits per heavy atom. The zero-order valence-electron chi connectivity index (χ0n) is 8.50. The van der Waals surface area contributed by atoms with Crippen LogP contribution in [0.5, 0.6) is 0 Å². The minimum atomic E-state index is -0.458. The van der Waals surface area contributed by atoms with Crippen molar-refractivity contribution in [2.45, 2.75) is 18.9 Å². The first-order valence-corrected chi connectivity index (χ1v) is 5.78. The summed E-state index contributed by atoms with van der Waals surface area (Å²) in [6, 6.07) is 10.0. The van der Waals surface area contributed by atoms with Gasteiger partial charge in [0.05, 0.1) is 16.5 Å². The molecular formula is C12H13NOS. The molecule has 1 aromatic carbocycles. The van der Waals surface area contributed by atoms with Crippen molar-refractivity contribution in [3.05, 3.63) is 52.5 Å². The molecule has 0 radical (unpaired) electrons. The first-order chi connectivity index (χ1) is 7.29. The Morgan fingerprint density at radius 3 is 2.60 bits per heavy atom. The summed E-state index contributed by atoms with van der Waals surface area (Å²) >= 11 is 1.49. The standard InChI is InChI=1S/C12H13NOS/c1-9(10-5-3-2-4-6-10)12(14)11-7-13-8-15-11/h2-9,12,14H,1H3. The number of benzene rings is 1. The number of nitrogens with zero attached hydrogens (tertiary/aromatic N) is 1. The molecule has 1 aromatic heterocycles. The van der Waals surface area contributed by atoms with Crippen LogP contribution in [0.3, 0.4) is 0 Å². The molecule has 0 fully saturated rings. The lowest BCUT2D eigenvalue weighted by Crippen LogP contribution is -2.05. The van der Waals surface area contributed by atoms with Crippen molar-refractivity contribution < 1.29 is 5.11 Å². The van der Waals surface area contributed by atoms with Gasteiger partial charge in [0.1, 0.15) is 0 Å². The zero-order chi connectivity index (χ0) is 10.7. The van der Waals surface area contributed by atoms with Crippen LogP contribution < -0.4 is 0 Å². The lowest BCUT2D eigenvalue weighted by Gasteiger charge is -2.17. The van der Waals surface area contributed by atoms with Crippen LogP contribution >= 0.6 is 11.3 Å².